The van der Waals surface area contributed by atoms with Gasteiger partial charge in [-0.2, -0.15) is 0 Å². The molecule has 0 aliphatic carbocycles. The van der Waals surface area contributed by atoms with Crippen LogP contribution in [0, 0.1) is 6.92 Å². The summed E-state index contributed by atoms with van der Waals surface area (Å²) >= 11 is 26.1. The molecule has 0 bridgehead atoms. The fourth-order valence-corrected chi connectivity index (χ4v) is 4.95. The highest BCUT2D eigenvalue weighted by Crippen LogP contribution is 2.39. The van der Waals surface area contributed by atoms with Crippen LogP contribution in [0.15, 0.2) is 58.4 Å². The van der Waals surface area contributed by atoms with E-state index in [1.807, 2.05) is 19.1 Å². The number of carbonyl (C=O) groups excluding carboxylic acids is 1. The van der Waals surface area contributed by atoms with Crippen molar-refractivity contribution in [3.05, 3.63) is 90.2 Å². The van der Waals surface area contributed by atoms with Gasteiger partial charge in [-0.05, 0) is 72.3 Å². The van der Waals surface area contributed by atoms with E-state index in [0.29, 0.717) is 52.9 Å². The van der Waals surface area contributed by atoms with Gasteiger partial charge in [0.25, 0.3) is 5.91 Å². The largest absolute Gasteiger partial charge is 0.493 e. The van der Waals surface area contributed by atoms with Crippen molar-refractivity contribution < 1.29 is 14.3 Å². The van der Waals surface area contributed by atoms with Crippen LogP contribution in [0.2, 0.25) is 20.1 Å². The lowest BCUT2D eigenvalue weighted by atomic mass is 10.1. The van der Waals surface area contributed by atoms with Crippen LogP contribution < -0.4 is 14.8 Å². The first-order chi connectivity index (χ1) is 16.7. The van der Waals surface area contributed by atoms with Gasteiger partial charge in [0.15, 0.2) is 16.7 Å². The summed E-state index contributed by atoms with van der Waals surface area (Å²) in [6, 6.07) is 14.0. The number of carbonyl (C=O) groups is 1. The lowest BCUT2D eigenvalue weighted by molar-refractivity contribution is -0.115. The minimum Gasteiger partial charge on any atom is -0.493 e. The van der Waals surface area contributed by atoms with Crippen molar-refractivity contribution in [2.45, 2.75) is 13.5 Å². The van der Waals surface area contributed by atoms with E-state index < -0.39 is 0 Å². The Balaban J connectivity index is 1.55. The van der Waals surface area contributed by atoms with E-state index in [0.717, 1.165) is 11.1 Å². The molecule has 0 saturated carbocycles. The summed E-state index contributed by atoms with van der Waals surface area (Å²) in [5.41, 5.74) is 2.94. The predicted octanol–water partition coefficient (Wildman–Crippen LogP) is 8.09. The SMILES string of the molecule is COc1cc(/C=C2\SC(=Nc3cccc(Cl)c3C)NC2=O)cc(Cl)c1OCc1ccc(Cl)cc1Cl. The van der Waals surface area contributed by atoms with Gasteiger partial charge in [-0.3, -0.25) is 4.79 Å². The van der Waals surface area contributed by atoms with Crippen LogP contribution in [0.1, 0.15) is 16.7 Å². The van der Waals surface area contributed by atoms with Crippen LogP contribution in [0.3, 0.4) is 0 Å². The molecule has 0 atom stereocenters. The summed E-state index contributed by atoms with van der Waals surface area (Å²) in [7, 11) is 1.51. The van der Waals surface area contributed by atoms with Crippen molar-refractivity contribution in [1.82, 2.24) is 5.32 Å². The van der Waals surface area contributed by atoms with Gasteiger partial charge >= 0.3 is 0 Å². The average molecular weight is 568 g/mol. The summed E-state index contributed by atoms with van der Waals surface area (Å²) in [5, 5.41) is 5.20. The monoisotopic (exact) mass is 566 g/mol. The Bertz CT molecular complexity index is 1380. The third kappa shape index (κ3) is 6.08. The maximum absolute atomic E-state index is 12.5. The lowest BCUT2D eigenvalue weighted by Crippen LogP contribution is -2.19. The number of rotatable bonds is 6. The number of nitrogens with zero attached hydrogens (tertiary/aromatic N) is 1. The fourth-order valence-electron chi connectivity index (χ4n) is 3.21. The van der Waals surface area contributed by atoms with Crippen LogP contribution in [0.4, 0.5) is 5.69 Å². The summed E-state index contributed by atoms with van der Waals surface area (Å²) in [6.45, 7) is 2.05. The normalized spacial score (nSPS) is 15.5. The molecule has 1 aliphatic heterocycles. The van der Waals surface area contributed by atoms with Crippen molar-refractivity contribution in [1.29, 1.82) is 0 Å². The Morgan fingerprint density at radius 3 is 2.57 bits per heavy atom. The zero-order chi connectivity index (χ0) is 25.1. The zero-order valence-corrected chi connectivity index (χ0v) is 22.3. The van der Waals surface area contributed by atoms with Crippen LogP contribution in [0.25, 0.3) is 6.08 Å². The van der Waals surface area contributed by atoms with Crippen molar-refractivity contribution >= 4 is 81.0 Å². The van der Waals surface area contributed by atoms with E-state index in [1.54, 1.807) is 42.5 Å². The molecule has 1 fully saturated rings. The highest BCUT2D eigenvalue weighted by Gasteiger charge is 2.24. The van der Waals surface area contributed by atoms with Gasteiger partial charge in [0.1, 0.15) is 6.61 Å². The van der Waals surface area contributed by atoms with Crippen LogP contribution in [-0.2, 0) is 11.4 Å². The summed E-state index contributed by atoms with van der Waals surface area (Å²) in [5.74, 6) is 0.520. The number of ether oxygens (including phenoxy) is 2. The molecule has 1 heterocycles. The number of aliphatic imine (C=N–C) groups is 1. The molecule has 0 unspecified atom stereocenters. The summed E-state index contributed by atoms with van der Waals surface area (Å²) < 4.78 is 11.4. The first-order valence-corrected chi connectivity index (χ1v) is 12.6. The van der Waals surface area contributed by atoms with Gasteiger partial charge in [-0.1, -0.05) is 58.5 Å². The Kier molecular flexibility index (Phi) is 8.19. The second kappa shape index (κ2) is 11.1. The number of benzene rings is 3. The van der Waals surface area contributed by atoms with E-state index in [4.69, 9.17) is 55.9 Å². The molecule has 0 aromatic heterocycles. The molecule has 1 N–H and O–H groups in total. The summed E-state index contributed by atoms with van der Waals surface area (Å²) in [4.78, 5) is 17.5. The van der Waals surface area contributed by atoms with Crippen molar-refractivity contribution in [3.63, 3.8) is 0 Å². The molecule has 1 saturated heterocycles. The molecular weight excluding hydrogens is 550 g/mol. The van der Waals surface area contributed by atoms with Crippen LogP contribution in [-0.4, -0.2) is 18.2 Å². The molecular formula is C25H18Cl4N2O3S. The standard InChI is InChI=1S/C25H18Cl4N2O3S/c1-13-17(27)4-3-5-20(13)30-25-31-24(32)22(35-25)10-14-8-19(29)23(21(9-14)33-2)34-12-15-6-7-16(26)11-18(15)28/h3-11H,12H2,1-2H3,(H,30,31,32)/b22-10-. The predicted molar refractivity (Wildman–Crippen MR) is 146 cm³/mol. The number of thioether (sulfide) groups is 1. The molecule has 10 heteroatoms. The Labute approximate surface area is 227 Å². The maximum Gasteiger partial charge on any atom is 0.264 e. The van der Waals surface area contributed by atoms with Gasteiger partial charge in [0, 0.05) is 20.6 Å². The third-order valence-corrected chi connectivity index (χ3v) is 7.24. The van der Waals surface area contributed by atoms with Gasteiger partial charge in [0.2, 0.25) is 0 Å². The van der Waals surface area contributed by atoms with E-state index in [9.17, 15) is 4.79 Å². The van der Waals surface area contributed by atoms with Crippen molar-refractivity contribution in [2.24, 2.45) is 4.99 Å². The molecule has 5 nitrogen and oxygen atoms in total. The third-order valence-electron chi connectivity index (χ3n) is 5.05. The van der Waals surface area contributed by atoms with Gasteiger partial charge in [-0.25, -0.2) is 4.99 Å². The fraction of sp³-hybridized carbons (Fsp3) is 0.120. The molecule has 1 amide bonds. The van der Waals surface area contributed by atoms with E-state index >= 15 is 0 Å². The molecule has 0 spiro atoms. The molecule has 35 heavy (non-hydrogen) atoms. The van der Waals surface area contributed by atoms with Gasteiger partial charge < -0.3 is 14.8 Å². The molecule has 180 valence electrons. The van der Waals surface area contributed by atoms with Gasteiger partial charge in [-0.15, -0.1) is 0 Å². The Hall–Kier alpha value is -2.35. The summed E-state index contributed by atoms with van der Waals surface area (Å²) in [6.07, 6.45) is 1.71. The second-order valence-electron chi connectivity index (χ2n) is 7.42. The number of methoxy groups -OCH3 is 1. The minimum absolute atomic E-state index is 0.174. The molecule has 1 aliphatic rings. The van der Waals surface area contributed by atoms with E-state index in [1.165, 1.54) is 18.9 Å². The van der Waals surface area contributed by atoms with Gasteiger partial charge in [0.05, 0.1) is 22.7 Å². The van der Waals surface area contributed by atoms with Crippen LogP contribution >= 0.6 is 58.2 Å². The molecule has 0 radical (unpaired) electrons. The number of amidine groups is 1. The lowest BCUT2D eigenvalue weighted by Gasteiger charge is -2.14. The quantitative estimate of drug-likeness (QED) is 0.306. The minimum atomic E-state index is -0.263. The highest BCUT2D eigenvalue weighted by molar-refractivity contribution is 8.18. The molecule has 4 rings (SSSR count). The highest BCUT2D eigenvalue weighted by atomic mass is 35.5. The van der Waals surface area contributed by atoms with Crippen LogP contribution in [0.5, 0.6) is 11.5 Å². The number of halogens is 4. The van der Waals surface area contributed by atoms with Crippen molar-refractivity contribution in [2.75, 3.05) is 7.11 Å². The first-order valence-electron chi connectivity index (χ1n) is 10.2. The number of hydrogen-bond acceptors (Lipinski definition) is 5. The molecule has 3 aromatic carbocycles. The molecule has 3 aromatic rings. The average Bonchev–Trinajstić information content (AvgIpc) is 3.15. The second-order valence-corrected chi connectivity index (χ2v) is 10.1. The number of amides is 1. The number of nitrogens with one attached hydrogen (secondary N) is 1. The number of hydrogen-bond donors (Lipinski definition) is 1. The van der Waals surface area contributed by atoms with E-state index in [2.05, 4.69) is 10.3 Å². The van der Waals surface area contributed by atoms with Crippen molar-refractivity contribution in [3.8, 4) is 11.5 Å². The Morgan fingerprint density at radius 2 is 1.83 bits per heavy atom. The smallest absolute Gasteiger partial charge is 0.264 e. The zero-order valence-electron chi connectivity index (χ0n) is 18.5. The van der Waals surface area contributed by atoms with E-state index in [-0.39, 0.29) is 12.5 Å². The first kappa shape index (κ1) is 25.7. The maximum atomic E-state index is 12.5. The Morgan fingerprint density at radius 1 is 1.03 bits per heavy atom. The topological polar surface area (TPSA) is 59.9 Å².